The van der Waals surface area contributed by atoms with Crippen molar-refractivity contribution in [3.8, 4) is 5.75 Å². The van der Waals surface area contributed by atoms with E-state index in [0.717, 1.165) is 24.5 Å². The molecule has 0 bridgehead atoms. The van der Waals surface area contributed by atoms with Crippen molar-refractivity contribution >= 4 is 0 Å². The zero-order valence-electron chi connectivity index (χ0n) is 10.9. The van der Waals surface area contributed by atoms with Gasteiger partial charge in [-0.15, -0.1) is 0 Å². The number of hydrogen-bond acceptors (Lipinski definition) is 3. The summed E-state index contributed by atoms with van der Waals surface area (Å²) in [5, 5.41) is 7.35. The number of rotatable bonds is 6. The maximum atomic E-state index is 5.73. The van der Waals surface area contributed by atoms with Crippen molar-refractivity contribution in [3.63, 3.8) is 0 Å². The molecule has 0 fully saturated rings. The topological polar surface area (TPSA) is 39.1 Å². The lowest BCUT2D eigenvalue weighted by atomic mass is 10.2. The van der Waals surface area contributed by atoms with E-state index in [1.54, 1.807) is 0 Å². The predicted octanol–water partition coefficient (Wildman–Crippen LogP) is 1.99. The van der Waals surface area contributed by atoms with Gasteiger partial charge in [-0.05, 0) is 37.7 Å². The van der Waals surface area contributed by atoms with Crippen LogP contribution in [0, 0.1) is 6.92 Å². The van der Waals surface area contributed by atoms with Crippen molar-refractivity contribution in [3.05, 3.63) is 47.8 Å². The molecule has 0 saturated heterocycles. The Morgan fingerprint density at radius 3 is 2.94 bits per heavy atom. The summed E-state index contributed by atoms with van der Waals surface area (Å²) in [6.07, 6.45) is 1.81. The third kappa shape index (κ3) is 3.34. The number of hydrogen-bond donors (Lipinski definition) is 1. The van der Waals surface area contributed by atoms with Gasteiger partial charge in [0, 0.05) is 18.4 Å². The number of nitrogens with zero attached hydrogens (tertiary/aromatic N) is 2. The monoisotopic (exact) mass is 245 g/mol. The lowest BCUT2D eigenvalue weighted by Crippen LogP contribution is -2.11. The van der Waals surface area contributed by atoms with Crippen molar-refractivity contribution in [2.75, 3.05) is 13.7 Å². The van der Waals surface area contributed by atoms with E-state index in [-0.39, 0.29) is 0 Å². The van der Waals surface area contributed by atoms with Gasteiger partial charge in [0.15, 0.2) is 0 Å². The van der Waals surface area contributed by atoms with E-state index in [1.807, 2.05) is 43.0 Å². The maximum Gasteiger partial charge on any atom is 0.119 e. The van der Waals surface area contributed by atoms with E-state index >= 15 is 0 Å². The van der Waals surface area contributed by atoms with Crippen LogP contribution in [0.3, 0.4) is 0 Å². The first-order chi connectivity index (χ1) is 8.79. The SMILES string of the molecule is CNCc1cccc(OCCn2nccc2C)c1. The van der Waals surface area contributed by atoms with Crippen molar-refractivity contribution < 1.29 is 4.74 Å². The van der Waals surface area contributed by atoms with Gasteiger partial charge in [0.1, 0.15) is 12.4 Å². The molecule has 1 N–H and O–H groups in total. The molecule has 0 aliphatic heterocycles. The molecule has 1 aromatic carbocycles. The highest BCUT2D eigenvalue weighted by atomic mass is 16.5. The summed E-state index contributed by atoms with van der Waals surface area (Å²) in [5.41, 5.74) is 2.38. The molecule has 96 valence electrons. The Morgan fingerprint density at radius 1 is 1.33 bits per heavy atom. The van der Waals surface area contributed by atoms with Crippen LogP contribution >= 0.6 is 0 Å². The fourth-order valence-corrected chi connectivity index (χ4v) is 1.83. The predicted molar refractivity (Wildman–Crippen MR) is 71.7 cm³/mol. The molecule has 18 heavy (non-hydrogen) atoms. The van der Waals surface area contributed by atoms with Gasteiger partial charge in [0.2, 0.25) is 0 Å². The smallest absolute Gasteiger partial charge is 0.119 e. The van der Waals surface area contributed by atoms with Crippen LogP contribution in [-0.2, 0) is 13.1 Å². The van der Waals surface area contributed by atoms with Gasteiger partial charge in [-0.2, -0.15) is 5.10 Å². The molecule has 1 heterocycles. The van der Waals surface area contributed by atoms with Gasteiger partial charge in [0.25, 0.3) is 0 Å². The molecule has 1 aromatic heterocycles. The molecule has 4 nitrogen and oxygen atoms in total. The summed E-state index contributed by atoms with van der Waals surface area (Å²) < 4.78 is 7.67. The lowest BCUT2D eigenvalue weighted by molar-refractivity contribution is 0.289. The number of benzene rings is 1. The van der Waals surface area contributed by atoms with Crippen LogP contribution in [0.5, 0.6) is 5.75 Å². The van der Waals surface area contributed by atoms with Crippen LogP contribution in [0.15, 0.2) is 36.5 Å². The van der Waals surface area contributed by atoms with Crippen LogP contribution in [0.2, 0.25) is 0 Å². The highest BCUT2D eigenvalue weighted by Crippen LogP contribution is 2.13. The second-order valence-electron chi connectivity index (χ2n) is 4.22. The van der Waals surface area contributed by atoms with Crippen LogP contribution in [-0.4, -0.2) is 23.4 Å². The molecular formula is C14H19N3O. The number of aryl methyl sites for hydroxylation is 1. The minimum atomic E-state index is 0.630. The van der Waals surface area contributed by atoms with Gasteiger partial charge < -0.3 is 10.1 Å². The summed E-state index contributed by atoms with van der Waals surface area (Å²) in [4.78, 5) is 0. The fraction of sp³-hybridized carbons (Fsp3) is 0.357. The second-order valence-corrected chi connectivity index (χ2v) is 4.22. The van der Waals surface area contributed by atoms with Gasteiger partial charge in [-0.3, -0.25) is 4.68 Å². The number of ether oxygens (including phenoxy) is 1. The van der Waals surface area contributed by atoms with Gasteiger partial charge >= 0.3 is 0 Å². The Labute approximate surface area is 108 Å². The van der Waals surface area contributed by atoms with E-state index in [2.05, 4.69) is 22.5 Å². The Bertz CT molecular complexity index is 493. The van der Waals surface area contributed by atoms with Crippen molar-refractivity contribution in [1.29, 1.82) is 0 Å². The van der Waals surface area contributed by atoms with Gasteiger partial charge in [-0.25, -0.2) is 0 Å². The molecule has 2 aromatic rings. The van der Waals surface area contributed by atoms with Crippen LogP contribution in [0.4, 0.5) is 0 Å². The lowest BCUT2D eigenvalue weighted by Gasteiger charge is -2.09. The Kier molecular flexibility index (Phi) is 4.36. The van der Waals surface area contributed by atoms with E-state index in [0.29, 0.717) is 6.61 Å². The van der Waals surface area contributed by atoms with Crippen molar-refractivity contribution in [2.24, 2.45) is 0 Å². The third-order valence-corrected chi connectivity index (χ3v) is 2.78. The van der Waals surface area contributed by atoms with E-state index < -0.39 is 0 Å². The van der Waals surface area contributed by atoms with Crippen molar-refractivity contribution in [2.45, 2.75) is 20.0 Å². The maximum absolute atomic E-state index is 5.73. The third-order valence-electron chi connectivity index (χ3n) is 2.78. The molecule has 2 rings (SSSR count). The first kappa shape index (κ1) is 12.6. The minimum absolute atomic E-state index is 0.630. The van der Waals surface area contributed by atoms with Crippen molar-refractivity contribution in [1.82, 2.24) is 15.1 Å². The molecule has 0 unspecified atom stereocenters. The van der Waals surface area contributed by atoms with E-state index in [1.165, 1.54) is 5.56 Å². The molecule has 0 spiro atoms. The Morgan fingerprint density at radius 2 is 2.22 bits per heavy atom. The Balaban J connectivity index is 1.86. The summed E-state index contributed by atoms with van der Waals surface area (Å²) in [6.45, 7) is 4.30. The first-order valence-electron chi connectivity index (χ1n) is 6.14. The standard InChI is InChI=1S/C14H19N3O/c1-12-6-7-16-17(12)8-9-18-14-5-3-4-13(10-14)11-15-2/h3-7,10,15H,8-9,11H2,1-2H3. The molecule has 0 atom stereocenters. The van der Waals surface area contributed by atoms with Crippen LogP contribution in [0.25, 0.3) is 0 Å². The quantitative estimate of drug-likeness (QED) is 0.846. The average Bonchev–Trinajstić information content (AvgIpc) is 2.76. The number of aromatic nitrogens is 2. The molecular weight excluding hydrogens is 226 g/mol. The molecule has 0 radical (unpaired) electrons. The van der Waals surface area contributed by atoms with E-state index in [4.69, 9.17) is 4.74 Å². The second kappa shape index (κ2) is 6.21. The zero-order chi connectivity index (χ0) is 12.8. The zero-order valence-corrected chi connectivity index (χ0v) is 10.9. The minimum Gasteiger partial charge on any atom is -0.492 e. The highest BCUT2D eigenvalue weighted by Gasteiger charge is 1.99. The summed E-state index contributed by atoms with van der Waals surface area (Å²) in [6, 6.07) is 10.1. The molecule has 0 amide bonds. The molecule has 0 aliphatic carbocycles. The Hall–Kier alpha value is -1.81. The van der Waals surface area contributed by atoms with Crippen LogP contribution < -0.4 is 10.1 Å². The summed E-state index contributed by atoms with van der Waals surface area (Å²) >= 11 is 0. The average molecular weight is 245 g/mol. The highest BCUT2D eigenvalue weighted by molar-refractivity contribution is 5.28. The largest absolute Gasteiger partial charge is 0.492 e. The number of nitrogens with one attached hydrogen (secondary N) is 1. The fourth-order valence-electron chi connectivity index (χ4n) is 1.83. The van der Waals surface area contributed by atoms with Crippen LogP contribution in [0.1, 0.15) is 11.3 Å². The molecule has 0 saturated carbocycles. The van der Waals surface area contributed by atoms with Gasteiger partial charge in [-0.1, -0.05) is 12.1 Å². The van der Waals surface area contributed by atoms with Gasteiger partial charge in [0.05, 0.1) is 6.54 Å². The molecule has 4 heteroatoms. The molecule has 0 aliphatic rings. The van der Waals surface area contributed by atoms with E-state index in [9.17, 15) is 0 Å². The summed E-state index contributed by atoms with van der Waals surface area (Å²) in [5.74, 6) is 0.910. The summed E-state index contributed by atoms with van der Waals surface area (Å²) in [7, 11) is 1.94. The normalized spacial score (nSPS) is 10.6. The first-order valence-corrected chi connectivity index (χ1v) is 6.14.